The molecule has 106 valence electrons. The van der Waals surface area contributed by atoms with Crippen molar-refractivity contribution >= 4 is 17.0 Å². The van der Waals surface area contributed by atoms with E-state index in [1.807, 2.05) is 19.1 Å². The minimum Gasteiger partial charge on any atom is -0.399 e. The second kappa shape index (κ2) is 5.19. The molecule has 4 heteroatoms. The lowest BCUT2D eigenvalue weighted by molar-refractivity contribution is 0.509. The number of aryl methyl sites for hydroxylation is 1. The Bertz CT molecular complexity index is 584. The van der Waals surface area contributed by atoms with Gasteiger partial charge >= 0.3 is 0 Å². The highest BCUT2D eigenvalue weighted by Gasteiger charge is 2.44. The van der Waals surface area contributed by atoms with Gasteiger partial charge in [-0.3, -0.25) is 0 Å². The molecule has 1 aliphatic carbocycles. The molecule has 3 N–H and O–H groups in total. The summed E-state index contributed by atoms with van der Waals surface area (Å²) in [5, 5.41) is 6.93. The first kappa shape index (κ1) is 13.6. The number of nitrogens with zero attached hydrogens (tertiary/aromatic N) is 1. The predicted octanol–water partition coefficient (Wildman–Crippen LogP) is 3.42. The van der Waals surface area contributed by atoms with Crippen molar-refractivity contribution < 1.29 is 0 Å². The van der Waals surface area contributed by atoms with Gasteiger partial charge in [0.2, 0.25) is 0 Å². The normalized spacial score (nSPS) is 17.9. The van der Waals surface area contributed by atoms with Gasteiger partial charge in [-0.25, -0.2) is 4.98 Å². The third-order valence-electron chi connectivity index (χ3n) is 4.13. The van der Waals surface area contributed by atoms with Gasteiger partial charge in [-0.05, 0) is 44.4 Å². The summed E-state index contributed by atoms with van der Waals surface area (Å²) in [7, 11) is 0. The van der Waals surface area contributed by atoms with Crippen LogP contribution in [0.5, 0.6) is 0 Å². The highest BCUT2D eigenvalue weighted by molar-refractivity contribution is 7.09. The van der Waals surface area contributed by atoms with Gasteiger partial charge in [0.25, 0.3) is 0 Å². The van der Waals surface area contributed by atoms with Crippen molar-refractivity contribution in [2.75, 3.05) is 12.3 Å². The monoisotopic (exact) mass is 287 g/mol. The lowest BCUT2D eigenvalue weighted by atomic mass is 9.95. The van der Waals surface area contributed by atoms with E-state index >= 15 is 0 Å². The number of hydrogen-bond donors (Lipinski definition) is 2. The van der Waals surface area contributed by atoms with Crippen molar-refractivity contribution in [1.82, 2.24) is 10.3 Å². The number of nitrogen functional groups attached to an aromatic ring is 1. The Morgan fingerprint density at radius 3 is 2.60 bits per heavy atom. The molecule has 2 aromatic rings. The lowest BCUT2D eigenvalue weighted by Gasteiger charge is -2.19. The first-order valence-corrected chi connectivity index (χ1v) is 7.98. The summed E-state index contributed by atoms with van der Waals surface area (Å²) in [5.74, 6) is 0. The summed E-state index contributed by atoms with van der Waals surface area (Å²) in [4.78, 5) is 4.56. The third kappa shape index (κ3) is 2.72. The number of hydrogen-bond acceptors (Lipinski definition) is 4. The molecule has 20 heavy (non-hydrogen) atoms. The molecule has 1 atom stereocenters. The Kier molecular flexibility index (Phi) is 3.52. The van der Waals surface area contributed by atoms with E-state index in [1.165, 1.54) is 23.4 Å². The van der Waals surface area contributed by atoms with E-state index < -0.39 is 0 Å². The maximum atomic E-state index is 5.77. The fourth-order valence-corrected chi connectivity index (χ4v) is 3.39. The average molecular weight is 287 g/mol. The molecule has 0 amide bonds. The van der Waals surface area contributed by atoms with Gasteiger partial charge in [0, 0.05) is 28.7 Å². The fraction of sp³-hybridized carbons (Fsp3) is 0.438. The number of nitrogens with one attached hydrogen (secondary N) is 1. The van der Waals surface area contributed by atoms with E-state index in [0.717, 1.165) is 17.9 Å². The second-order valence-corrected chi connectivity index (χ2v) is 6.72. The molecule has 1 aliphatic rings. The quantitative estimate of drug-likeness (QED) is 0.829. The van der Waals surface area contributed by atoms with Gasteiger partial charge in [0.1, 0.15) is 5.01 Å². The molecule has 3 rings (SSSR count). The first-order valence-electron chi connectivity index (χ1n) is 7.10. The zero-order chi connectivity index (χ0) is 14.2. The van der Waals surface area contributed by atoms with Crippen molar-refractivity contribution in [3.05, 3.63) is 45.9 Å². The zero-order valence-corrected chi connectivity index (χ0v) is 12.8. The molecule has 1 fully saturated rings. The number of thiazole rings is 1. The maximum Gasteiger partial charge on any atom is 0.110 e. The van der Waals surface area contributed by atoms with Crippen LogP contribution in [0.25, 0.3) is 0 Å². The number of benzene rings is 1. The van der Waals surface area contributed by atoms with E-state index in [-0.39, 0.29) is 0 Å². The Morgan fingerprint density at radius 2 is 2.05 bits per heavy atom. The molecule has 1 saturated carbocycles. The third-order valence-corrected chi connectivity index (χ3v) is 5.28. The fourth-order valence-electron chi connectivity index (χ4n) is 2.56. The molecule has 0 aliphatic heterocycles. The van der Waals surface area contributed by atoms with Crippen LogP contribution < -0.4 is 11.1 Å². The van der Waals surface area contributed by atoms with Gasteiger partial charge in [-0.1, -0.05) is 12.1 Å². The summed E-state index contributed by atoms with van der Waals surface area (Å²) >= 11 is 1.74. The number of anilines is 1. The SMILES string of the molecule is Cc1csc(C(C)NCC2(c3ccc(N)cc3)CC2)n1. The maximum absolute atomic E-state index is 5.77. The van der Waals surface area contributed by atoms with E-state index in [9.17, 15) is 0 Å². The van der Waals surface area contributed by atoms with Crippen LogP contribution >= 0.6 is 11.3 Å². The first-order chi connectivity index (χ1) is 9.59. The number of rotatable bonds is 5. The minimum absolute atomic E-state index is 0.314. The smallest absolute Gasteiger partial charge is 0.110 e. The van der Waals surface area contributed by atoms with Crippen LogP contribution in [-0.2, 0) is 5.41 Å². The average Bonchev–Trinajstić information content (AvgIpc) is 3.11. The van der Waals surface area contributed by atoms with Crippen LogP contribution in [0.4, 0.5) is 5.69 Å². The Balaban J connectivity index is 1.64. The molecule has 0 bridgehead atoms. The van der Waals surface area contributed by atoms with Crippen LogP contribution in [0.3, 0.4) is 0 Å². The Morgan fingerprint density at radius 1 is 1.35 bits per heavy atom. The van der Waals surface area contributed by atoms with Gasteiger partial charge in [0.15, 0.2) is 0 Å². The van der Waals surface area contributed by atoms with Gasteiger partial charge in [0.05, 0.1) is 6.04 Å². The summed E-state index contributed by atoms with van der Waals surface area (Å²) in [6, 6.07) is 8.66. The standard InChI is InChI=1S/C16H21N3S/c1-11-9-20-15(19-11)12(2)18-10-16(7-8-16)13-3-5-14(17)6-4-13/h3-6,9,12,18H,7-8,10,17H2,1-2H3. The van der Waals surface area contributed by atoms with Crippen LogP contribution in [-0.4, -0.2) is 11.5 Å². The van der Waals surface area contributed by atoms with Crippen LogP contribution in [0.2, 0.25) is 0 Å². The van der Waals surface area contributed by atoms with Gasteiger partial charge < -0.3 is 11.1 Å². The Hall–Kier alpha value is -1.39. The summed E-state index contributed by atoms with van der Waals surface area (Å²) in [5.41, 5.74) is 9.43. The molecule has 0 saturated heterocycles. The molecule has 1 aromatic heterocycles. The van der Waals surface area contributed by atoms with Gasteiger partial charge in [-0.15, -0.1) is 11.3 Å². The number of aromatic nitrogens is 1. The van der Waals surface area contributed by atoms with Crippen LogP contribution in [0.1, 0.15) is 42.1 Å². The van der Waals surface area contributed by atoms with E-state index in [0.29, 0.717) is 11.5 Å². The molecule has 0 radical (unpaired) electrons. The molecule has 1 heterocycles. The molecule has 3 nitrogen and oxygen atoms in total. The van der Waals surface area contributed by atoms with Gasteiger partial charge in [-0.2, -0.15) is 0 Å². The molecular formula is C16H21N3S. The second-order valence-electron chi connectivity index (χ2n) is 5.83. The van der Waals surface area contributed by atoms with Crippen molar-refractivity contribution in [2.24, 2.45) is 0 Å². The van der Waals surface area contributed by atoms with E-state index in [1.54, 1.807) is 11.3 Å². The van der Waals surface area contributed by atoms with E-state index in [2.05, 4.69) is 34.7 Å². The summed E-state index contributed by atoms with van der Waals surface area (Å²) < 4.78 is 0. The largest absolute Gasteiger partial charge is 0.399 e. The van der Waals surface area contributed by atoms with Crippen molar-refractivity contribution in [3.63, 3.8) is 0 Å². The molecule has 1 aromatic carbocycles. The zero-order valence-electron chi connectivity index (χ0n) is 12.0. The minimum atomic E-state index is 0.314. The highest BCUT2D eigenvalue weighted by Crippen LogP contribution is 2.48. The van der Waals surface area contributed by atoms with Crippen LogP contribution in [0, 0.1) is 6.92 Å². The van der Waals surface area contributed by atoms with Crippen molar-refractivity contribution in [3.8, 4) is 0 Å². The van der Waals surface area contributed by atoms with Crippen LogP contribution in [0.15, 0.2) is 29.6 Å². The highest BCUT2D eigenvalue weighted by atomic mass is 32.1. The number of nitrogens with two attached hydrogens (primary N) is 1. The lowest BCUT2D eigenvalue weighted by Crippen LogP contribution is -2.29. The molecular weight excluding hydrogens is 266 g/mol. The topological polar surface area (TPSA) is 50.9 Å². The summed E-state index contributed by atoms with van der Waals surface area (Å²) in [6.45, 7) is 5.25. The van der Waals surface area contributed by atoms with E-state index in [4.69, 9.17) is 5.73 Å². The molecule has 1 unspecified atom stereocenters. The molecule has 0 spiro atoms. The Labute approximate surface area is 124 Å². The van der Waals surface area contributed by atoms with Crippen molar-refractivity contribution in [1.29, 1.82) is 0 Å². The van der Waals surface area contributed by atoms with Crippen molar-refractivity contribution in [2.45, 2.75) is 38.1 Å². The summed E-state index contributed by atoms with van der Waals surface area (Å²) in [6.07, 6.45) is 2.51. The predicted molar refractivity (Wildman–Crippen MR) is 85.0 cm³/mol.